The number of nitrogens with two attached hydrogens (primary N) is 1. The summed E-state index contributed by atoms with van der Waals surface area (Å²) >= 11 is 0. The maximum absolute atomic E-state index is 13.8. The van der Waals surface area contributed by atoms with Gasteiger partial charge >= 0.3 is 0 Å². The van der Waals surface area contributed by atoms with E-state index in [1.165, 1.54) is 12.3 Å². The molecule has 2 rings (SSSR count). The molecule has 0 aliphatic rings. The highest BCUT2D eigenvalue weighted by Gasteiger charge is 2.13. The van der Waals surface area contributed by atoms with Gasteiger partial charge < -0.3 is 15.0 Å². The number of hydrogen-bond acceptors (Lipinski definition) is 4. The van der Waals surface area contributed by atoms with Crippen LogP contribution in [0.3, 0.4) is 0 Å². The number of hydrogen-bond donors (Lipinski definition) is 1. The van der Waals surface area contributed by atoms with Crippen LogP contribution < -0.4 is 10.5 Å². The van der Waals surface area contributed by atoms with Gasteiger partial charge in [-0.15, -0.1) is 0 Å². The first-order chi connectivity index (χ1) is 8.61. The quantitative estimate of drug-likeness (QED) is 0.906. The third-order valence-corrected chi connectivity index (χ3v) is 2.42. The van der Waals surface area contributed by atoms with Crippen molar-refractivity contribution in [3.8, 4) is 17.1 Å². The van der Waals surface area contributed by atoms with Crippen LogP contribution in [0.1, 0.15) is 19.4 Å². The van der Waals surface area contributed by atoms with Gasteiger partial charge in [0.1, 0.15) is 0 Å². The van der Waals surface area contributed by atoms with Crippen molar-refractivity contribution in [2.24, 2.45) is 5.73 Å². The molecule has 0 atom stereocenters. The molecule has 1 aromatic heterocycles. The first-order valence-electron chi connectivity index (χ1n) is 5.72. The Hall–Kier alpha value is -1.88. The summed E-state index contributed by atoms with van der Waals surface area (Å²) in [6.07, 6.45) is 1.46. The van der Waals surface area contributed by atoms with Crippen LogP contribution in [0.5, 0.6) is 5.75 Å². The number of benzene rings is 1. The number of rotatable bonds is 4. The maximum Gasteiger partial charge on any atom is 0.171 e. The van der Waals surface area contributed by atoms with Gasteiger partial charge in [-0.25, -0.2) is 4.39 Å². The molecule has 2 N–H and O–H groups in total. The van der Waals surface area contributed by atoms with E-state index in [4.69, 9.17) is 15.0 Å². The third kappa shape index (κ3) is 2.51. The van der Waals surface area contributed by atoms with Crippen molar-refractivity contribution in [1.29, 1.82) is 0 Å². The molecule has 0 aliphatic heterocycles. The fourth-order valence-electron chi connectivity index (χ4n) is 1.64. The first-order valence-corrected chi connectivity index (χ1v) is 5.72. The zero-order valence-electron chi connectivity index (χ0n) is 10.3. The Bertz CT molecular complexity index is 538. The normalized spacial score (nSPS) is 10.9. The molecular formula is C13H15FN2O2. The van der Waals surface area contributed by atoms with E-state index >= 15 is 0 Å². The smallest absolute Gasteiger partial charge is 0.171 e. The molecule has 4 nitrogen and oxygen atoms in total. The molecule has 0 bridgehead atoms. The van der Waals surface area contributed by atoms with Gasteiger partial charge in [0, 0.05) is 17.7 Å². The largest absolute Gasteiger partial charge is 0.488 e. The van der Waals surface area contributed by atoms with Gasteiger partial charge in [0.25, 0.3) is 0 Å². The lowest BCUT2D eigenvalue weighted by molar-refractivity contribution is 0.231. The Morgan fingerprint density at radius 3 is 2.83 bits per heavy atom. The molecule has 5 heteroatoms. The lowest BCUT2D eigenvalue weighted by Crippen LogP contribution is -2.06. The van der Waals surface area contributed by atoms with Gasteiger partial charge in [-0.05, 0) is 32.0 Å². The summed E-state index contributed by atoms with van der Waals surface area (Å²) in [7, 11) is 0. The fraction of sp³-hybridized carbons (Fsp3) is 0.308. The van der Waals surface area contributed by atoms with Crippen molar-refractivity contribution < 1.29 is 13.7 Å². The van der Waals surface area contributed by atoms with Crippen LogP contribution in [0.15, 0.2) is 28.9 Å². The molecule has 1 heterocycles. The zero-order chi connectivity index (χ0) is 13.1. The Morgan fingerprint density at radius 2 is 2.22 bits per heavy atom. The van der Waals surface area contributed by atoms with Gasteiger partial charge in [-0.2, -0.15) is 0 Å². The lowest BCUT2D eigenvalue weighted by atomic mass is 10.1. The molecule has 0 saturated carbocycles. The summed E-state index contributed by atoms with van der Waals surface area (Å²) in [6.45, 7) is 3.98. The van der Waals surface area contributed by atoms with Crippen LogP contribution in [0.2, 0.25) is 0 Å². The van der Waals surface area contributed by atoms with Gasteiger partial charge in [0.15, 0.2) is 17.3 Å². The van der Waals surface area contributed by atoms with Crippen molar-refractivity contribution in [3.63, 3.8) is 0 Å². The Labute approximate surface area is 105 Å². The number of halogens is 1. The average Bonchev–Trinajstić information content (AvgIpc) is 2.79. The standard InChI is InChI=1S/C13H15FN2O2/c1-8(2)17-12-4-3-9(5-11(12)14)13-10(6-15)7-16-18-13/h3-5,7-8H,6,15H2,1-2H3. The van der Waals surface area contributed by atoms with Crippen molar-refractivity contribution in [3.05, 3.63) is 35.8 Å². The summed E-state index contributed by atoms with van der Waals surface area (Å²) < 4.78 is 24.2. The van der Waals surface area contributed by atoms with E-state index in [9.17, 15) is 4.39 Å². The van der Waals surface area contributed by atoms with Crippen LogP contribution in [0.25, 0.3) is 11.3 Å². The van der Waals surface area contributed by atoms with E-state index in [0.717, 1.165) is 5.56 Å². The average molecular weight is 250 g/mol. The van der Waals surface area contributed by atoms with E-state index in [0.29, 0.717) is 17.9 Å². The molecule has 96 valence electrons. The number of nitrogens with zero attached hydrogens (tertiary/aromatic N) is 1. The van der Waals surface area contributed by atoms with Gasteiger partial charge in [0.05, 0.1) is 12.3 Å². The van der Waals surface area contributed by atoms with Gasteiger partial charge in [-0.3, -0.25) is 0 Å². The number of ether oxygens (including phenoxy) is 1. The molecule has 2 aromatic rings. The summed E-state index contributed by atoms with van der Waals surface area (Å²) in [5.74, 6) is 0.288. The van der Waals surface area contributed by atoms with Crippen molar-refractivity contribution in [2.75, 3.05) is 0 Å². The van der Waals surface area contributed by atoms with Crippen LogP contribution in [0.4, 0.5) is 4.39 Å². The minimum absolute atomic E-state index is 0.0739. The second-order valence-electron chi connectivity index (χ2n) is 4.20. The highest BCUT2D eigenvalue weighted by atomic mass is 19.1. The van der Waals surface area contributed by atoms with E-state index in [-0.39, 0.29) is 11.9 Å². The first kappa shape index (κ1) is 12.6. The zero-order valence-corrected chi connectivity index (χ0v) is 10.3. The van der Waals surface area contributed by atoms with Crippen LogP contribution in [-0.2, 0) is 6.54 Å². The fourth-order valence-corrected chi connectivity index (χ4v) is 1.64. The number of aromatic nitrogens is 1. The molecule has 0 spiro atoms. The van der Waals surface area contributed by atoms with Crippen LogP contribution in [-0.4, -0.2) is 11.3 Å². The summed E-state index contributed by atoms with van der Waals surface area (Å²) in [6, 6.07) is 4.66. The van der Waals surface area contributed by atoms with E-state index in [2.05, 4.69) is 5.16 Å². The Morgan fingerprint density at radius 1 is 1.44 bits per heavy atom. The van der Waals surface area contributed by atoms with Crippen LogP contribution in [0, 0.1) is 5.82 Å². The van der Waals surface area contributed by atoms with Gasteiger partial charge in [-0.1, -0.05) is 5.16 Å². The molecule has 0 saturated heterocycles. The minimum atomic E-state index is -0.430. The van der Waals surface area contributed by atoms with E-state index < -0.39 is 5.82 Å². The molecule has 0 radical (unpaired) electrons. The maximum atomic E-state index is 13.8. The molecule has 0 aliphatic carbocycles. The molecule has 1 aromatic carbocycles. The molecule has 0 unspecified atom stereocenters. The van der Waals surface area contributed by atoms with Crippen molar-refractivity contribution >= 4 is 0 Å². The Balaban J connectivity index is 2.34. The monoisotopic (exact) mass is 250 g/mol. The van der Waals surface area contributed by atoms with Gasteiger partial charge in [0.2, 0.25) is 0 Å². The molecule has 0 fully saturated rings. The third-order valence-electron chi connectivity index (χ3n) is 2.42. The van der Waals surface area contributed by atoms with E-state index in [1.807, 2.05) is 13.8 Å². The Kier molecular flexibility index (Phi) is 3.62. The highest BCUT2D eigenvalue weighted by Crippen LogP contribution is 2.28. The summed E-state index contributed by atoms with van der Waals surface area (Å²) in [5.41, 5.74) is 6.89. The second kappa shape index (κ2) is 5.18. The van der Waals surface area contributed by atoms with Crippen molar-refractivity contribution in [1.82, 2.24) is 5.16 Å². The predicted molar refractivity (Wildman–Crippen MR) is 65.6 cm³/mol. The second-order valence-corrected chi connectivity index (χ2v) is 4.20. The molecule has 18 heavy (non-hydrogen) atoms. The topological polar surface area (TPSA) is 61.3 Å². The molecular weight excluding hydrogens is 235 g/mol. The lowest BCUT2D eigenvalue weighted by Gasteiger charge is -2.11. The van der Waals surface area contributed by atoms with Crippen molar-refractivity contribution in [2.45, 2.75) is 26.5 Å². The summed E-state index contributed by atoms with van der Waals surface area (Å²) in [4.78, 5) is 0. The molecule has 0 amide bonds. The highest BCUT2D eigenvalue weighted by molar-refractivity contribution is 5.61. The SMILES string of the molecule is CC(C)Oc1ccc(-c2oncc2CN)cc1F. The summed E-state index contributed by atoms with van der Waals surface area (Å²) in [5, 5.41) is 3.66. The van der Waals surface area contributed by atoms with E-state index in [1.54, 1.807) is 12.1 Å². The van der Waals surface area contributed by atoms with Crippen LogP contribution >= 0.6 is 0 Å². The predicted octanol–water partition coefficient (Wildman–Crippen LogP) is 2.73. The minimum Gasteiger partial charge on any atom is -0.488 e.